The summed E-state index contributed by atoms with van der Waals surface area (Å²) in [6, 6.07) is 0. The quantitative estimate of drug-likeness (QED) is 0.476. The number of aliphatic hydroxyl groups excluding tert-OH is 1. The number of ether oxygens (including phenoxy) is 1. The Morgan fingerprint density at radius 2 is 1.69 bits per heavy atom. The van der Waals surface area contributed by atoms with E-state index >= 15 is 0 Å². The Labute approximate surface area is 198 Å². The summed E-state index contributed by atoms with van der Waals surface area (Å²) in [6.07, 6.45) is 17.0. The van der Waals surface area contributed by atoms with Crippen LogP contribution in [0.2, 0.25) is 0 Å². The highest BCUT2D eigenvalue weighted by Gasteiger charge is 2.61. The van der Waals surface area contributed by atoms with Gasteiger partial charge in [0.2, 0.25) is 0 Å². The number of hydrogen-bond donors (Lipinski definition) is 1. The van der Waals surface area contributed by atoms with E-state index in [1.807, 2.05) is 0 Å². The van der Waals surface area contributed by atoms with E-state index in [0.29, 0.717) is 29.5 Å². The molecule has 11 atom stereocenters. The lowest BCUT2D eigenvalue weighted by Gasteiger charge is -2.63. The summed E-state index contributed by atoms with van der Waals surface area (Å²) in [7, 11) is 0. The highest BCUT2D eigenvalue weighted by molar-refractivity contribution is 5.11. The molecule has 1 aliphatic heterocycles. The molecule has 1 saturated heterocycles. The lowest BCUT2D eigenvalue weighted by atomic mass is 9.43. The van der Waals surface area contributed by atoms with Gasteiger partial charge in [-0.05, 0) is 116 Å². The maximum absolute atomic E-state index is 10.3. The van der Waals surface area contributed by atoms with Crippen LogP contribution in [-0.4, -0.2) is 23.9 Å². The molecule has 184 valence electrons. The zero-order valence-corrected chi connectivity index (χ0v) is 21.8. The SMILES string of the molecule is CC(C)CCC[C@@H](C)[C@H]1CC[C@H]2[C@@H]3CC[C@@H]4C[C@H]5OC[C@@H](O)C[C@H]5C[C@]4(C)[C@H]3CC[C@]12C. The van der Waals surface area contributed by atoms with Gasteiger partial charge >= 0.3 is 0 Å². The third-order valence-corrected chi connectivity index (χ3v) is 12.1. The second-order valence-corrected chi connectivity index (χ2v) is 14.1. The molecule has 0 amide bonds. The van der Waals surface area contributed by atoms with Crippen molar-refractivity contribution >= 4 is 0 Å². The van der Waals surface area contributed by atoms with E-state index in [0.717, 1.165) is 47.8 Å². The van der Waals surface area contributed by atoms with Gasteiger partial charge in [0.05, 0.1) is 18.8 Å². The molecule has 0 spiro atoms. The monoisotopic (exact) mass is 444 g/mol. The average Bonchev–Trinajstić information content (AvgIpc) is 3.09. The number of hydrogen-bond acceptors (Lipinski definition) is 2. The summed E-state index contributed by atoms with van der Waals surface area (Å²) < 4.78 is 6.15. The van der Waals surface area contributed by atoms with Crippen LogP contribution >= 0.6 is 0 Å². The summed E-state index contributed by atoms with van der Waals surface area (Å²) in [5.74, 6) is 7.05. The van der Waals surface area contributed by atoms with E-state index in [4.69, 9.17) is 4.74 Å². The van der Waals surface area contributed by atoms with Crippen LogP contribution in [0.25, 0.3) is 0 Å². The van der Waals surface area contributed by atoms with Gasteiger partial charge in [0.25, 0.3) is 0 Å². The summed E-state index contributed by atoms with van der Waals surface area (Å²) in [5.41, 5.74) is 1.09. The van der Waals surface area contributed by atoms with Crippen LogP contribution in [0, 0.1) is 58.2 Å². The van der Waals surface area contributed by atoms with Gasteiger partial charge in [0.1, 0.15) is 0 Å². The van der Waals surface area contributed by atoms with E-state index in [1.165, 1.54) is 70.6 Å². The molecule has 0 aromatic rings. The Morgan fingerprint density at radius 1 is 0.906 bits per heavy atom. The van der Waals surface area contributed by atoms with Crippen molar-refractivity contribution in [3.8, 4) is 0 Å². The predicted molar refractivity (Wildman–Crippen MR) is 132 cm³/mol. The molecule has 2 heteroatoms. The number of aliphatic hydroxyl groups is 1. The molecule has 0 aromatic heterocycles. The third-order valence-electron chi connectivity index (χ3n) is 12.1. The highest BCUT2D eigenvalue weighted by Crippen LogP contribution is 2.69. The summed E-state index contributed by atoms with van der Waals surface area (Å²) in [5, 5.41) is 10.3. The van der Waals surface area contributed by atoms with Gasteiger partial charge in [0, 0.05) is 0 Å². The second-order valence-electron chi connectivity index (χ2n) is 14.1. The van der Waals surface area contributed by atoms with Crippen molar-refractivity contribution in [3.63, 3.8) is 0 Å². The Kier molecular flexibility index (Phi) is 6.54. The van der Waals surface area contributed by atoms with Crippen molar-refractivity contribution in [1.29, 1.82) is 0 Å². The van der Waals surface area contributed by atoms with Crippen LogP contribution in [0.1, 0.15) is 112 Å². The fourth-order valence-corrected chi connectivity index (χ4v) is 10.5. The van der Waals surface area contributed by atoms with Crippen molar-refractivity contribution in [3.05, 3.63) is 0 Å². The molecule has 4 saturated carbocycles. The minimum Gasteiger partial charge on any atom is -0.391 e. The Hall–Kier alpha value is -0.0800. The summed E-state index contributed by atoms with van der Waals surface area (Å²) in [6.45, 7) is 13.3. The molecular formula is C30H52O2. The molecule has 1 heterocycles. The summed E-state index contributed by atoms with van der Waals surface area (Å²) >= 11 is 0. The van der Waals surface area contributed by atoms with Crippen LogP contribution in [0.5, 0.6) is 0 Å². The molecular weight excluding hydrogens is 392 g/mol. The molecule has 0 radical (unpaired) electrons. The van der Waals surface area contributed by atoms with Crippen LogP contribution in [0.15, 0.2) is 0 Å². The van der Waals surface area contributed by atoms with E-state index in [9.17, 15) is 5.11 Å². The molecule has 4 aliphatic carbocycles. The molecule has 5 rings (SSSR count). The van der Waals surface area contributed by atoms with Gasteiger partial charge < -0.3 is 9.84 Å². The molecule has 0 aromatic carbocycles. The normalized spacial score (nSPS) is 51.5. The molecule has 32 heavy (non-hydrogen) atoms. The predicted octanol–water partition coefficient (Wildman–Crippen LogP) is 7.48. The fourth-order valence-electron chi connectivity index (χ4n) is 10.5. The first kappa shape index (κ1) is 23.7. The van der Waals surface area contributed by atoms with Crippen LogP contribution in [0.4, 0.5) is 0 Å². The zero-order chi connectivity index (χ0) is 22.7. The zero-order valence-electron chi connectivity index (χ0n) is 21.8. The molecule has 0 unspecified atom stereocenters. The molecule has 0 bridgehead atoms. The first-order valence-electron chi connectivity index (χ1n) is 14.5. The Balaban J connectivity index is 1.30. The minimum atomic E-state index is -0.224. The lowest BCUT2D eigenvalue weighted by molar-refractivity contribution is -0.181. The van der Waals surface area contributed by atoms with Crippen molar-refractivity contribution in [1.82, 2.24) is 0 Å². The van der Waals surface area contributed by atoms with E-state index in [2.05, 4.69) is 34.6 Å². The minimum absolute atomic E-state index is 0.224. The standard InChI is InChI=1S/C30H52O2/c1-19(2)7-6-8-20(3)25-11-12-26-24-10-9-22-16-28-21(15-23(31)18-32-28)17-30(22,5)27(24)13-14-29(25,26)4/h19-28,31H,6-18H2,1-5H3/t20-,21+,22-,23+,24+,25-,26+,27+,28-,29-,30+/m1/s1. The van der Waals surface area contributed by atoms with Crippen molar-refractivity contribution in [2.24, 2.45) is 58.2 Å². The van der Waals surface area contributed by atoms with Gasteiger partial charge in [0.15, 0.2) is 0 Å². The number of rotatable bonds is 5. The van der Waals surface area contributed by atoms with Crippen LogP contribution in [0.3, 0.4) is 0 Å². The molecule has 2 nitrogen and oxygen atoms in total. The maximum Gasteiger partial charge on any atom is 0.0777 e. The average molecular weight is 445 g/mol. The van der Waals surface area contributed by atoms with Gasteiger partial charge in [-0.25, -0.2) is 0 Å². The largest absolute Gasteiger partial charge is 0.391 e. The maximum atomic E-state index is 10.3. The van der Waals surface area contributed by atoms with Crippen molar-refractivity contribution in [2.45, 2.75) is 124 Å². The number of fused-ring (bicyclic) bond motifs is 6. The van der Waals surface area contributed by atoms with Gasteiger partial charge in [-0.2, -0.15) is 0 Å². The Morgan fingerprint density at radius 3 is 2.47 bits per heavy atom. The first-order chi connectivity index (χ1) is 15.2. The third kappa shape index (κ3) is 3.92. The first-order valence-corrected chi connectivity index (χ1v) is 14.5. The second kappa shape index (κ2) is 8.85. The van der Waals surface area contributed by atoms with Crippen LogP contribution in [-0.2, 0) is 4.74 Å². The van der Waals surface area contributed by atoms with Crippen LogP contribution < -0.4 is 0 Å². The highest BCUT2D eigenvalue weighted by atomic mass is 16.5. The molecule has 1 N–H and O–H groups in total. The lowest BCUT2D eigenvalue weighted by Crippen LogP contribution is -2.57. The topological polar surface area (TPSA) is 29.5 Å². The van der Waals surface area contributed by atoms with Gasteiger partial charge in [-0.3, -0.25) is 0 Å². The Bertz CT molecular complexity index is 659. The van der Waals surface area contributed by atoms with Gasteiger partial charge in [-0.15, -0.1) is 0 Å². The van der Waals surface area contributed by atoms with Gasteiger partial charge in [-0.1, -0.05) is 53.9 Å². The van der Waals surface area contributed by atoms with Crippen molar-refractivity contribution in [2.75, 3.05) is 6.61 Å². The fraction of sp³-hybridized carbons (Fsp3) is 1.00. The van der Waals surface area contributed by atoms with Crippen molar-refractivity contribution < 1.29 is 9.84 Å². The smallest absolute Gasteiger partial charge is 0.0777 e. The summed E-state index contributed by atoms with van der Waals surface area (Å²) in [4.78, 5) is 0. The molecule has 5 fully saturated rings. The molecule has 5 aliphatic rings. The van der Waals surface area contributed by atoms with E-state index < -0.39 is 0 Å². The van der Waals surface area contributed by atoms with E-state index in [-0.39, 0.29) is 6.10 Å². The van der Waals surface area contributed by atoms with E-state index in [1.54, 1.807) is 0 Å².